The zero-order valence-electron chi connectivity index (χ0n) is 13.9. The predicted octanol–water partition coefficient (Wildman–Crippen LogP) is 2.93. The standard InChI is InChI=1S/C18H18N6/c1-10-5-4-6-13-7-14(22-11(2)15(10)13)8-24-18-16(12(3)23-24)17(19)20-9-21-18/h4-7,9H,8H2,1-3H3,(H2,19,20,21). The normalized spacial score (nSPS) is 11.5. The number of hydrogen-bond acceptors (Lipinski definition) is 5. The Balaban J connectivity index is 1.85. The second kappa shape index (κ2) is 5.26. The van der Waals surface area contributed by atoms with Gasteiger partial charge in [0.05, 0.1) is 23.3 Å². The highest BCUT2D eigenvalue weighted by Gasteiger charge is 2.13. The van der Waals surface area contributed by atoms with Crippen LogP contribution in [0.4, 0.5) is 5.82 Å². The van der Waals surface area contributed by atoms with E-state index >= 15 is 0 Å². The van der Waals surface area contributed by atoms with E-state index in [4.69, 9.17) is 10.7 Å². The zero-order chi connectivity index (χ0) is 16.8. The van der Waals surface area contributed by atoms with E-state index in [0.717, 1.165) is 28.1 Å². The van der Waals surface area contributed by atoms with Gasteiger partial charge >= 0.3 is 0 Å². The molecule has 0 saturated heterocycles. The first-order valence-corrected chi connectivity index (χ1v) is 7.84. The van der Waals surface area contributed by atoms with Crippen molar-refractivity contribution in [3.63, 3.8) is 0 Å². The van der Waals surface area contributed by atoms with Crippen LogP contribution < -0.4 is 5.73 Å². The summed E-state index contributed by atoms with van der Waals surface area (Å²) in [5.74, 6) is 0.460. The number of nitrogens with two attached hydrogens (primary N) is 1. The first kappa shape index (κ1) is 14.6. The number of rotatable bonds is 2. The molecule has 0 spiro atoms. The Labute approximate surface area is 139 Å². The van der Waals surface area contributed by atoms with Crippen molar-refractivity contribution in [3.05, 3.63) is 53.2 Å². The second-order valence-electron chi connectivity index (χ2n) is 6.07. The van der Waals surface area contributed by atoms with Gasteiger partial charge in [0.15, 0.2) is 5.65 Å². The van der Waals surface area contributed by atoms with Crippen LogP contribution >= 0.6 is 0 Å². The molecular weight excluding hydrogens is 300 g/mol. The van der Waals surface area contributed by atoms with Crippen LogP contribution in [0.15, 0.2) is 30.6 Å². The highest BCUT2D eigenvalue weighted by molar-refractivity contribution is 5.89. The maximum Gasteiger partial charge on any atom is 0.163 e. The molecule has 6 nitrogen and oxygen atoms in total. The van der Waals surface area contributed by atoms with Crippen molar-refractivity contribution in [2.75, 3.05) is 5.73 Å². The van der Waals surface area contributed by atoms with Crippen LogP contribution in [0.1, 0.15) is 22.6 Å². The molecule has 2 N–H and O–H groups in total. The van der Waals surface area contributed by atoms with Gasteiger partial charge in [0.25, 0.3) is 0 Å². The van der Waals surface area contributed by atoms with Crippen molar-refractivity contribution in [2.24, 2.45) is 0 Å². The maximum absolute atomic E-state index is 5.96. The highest BCUT2D eigenvalue weighted by Crippen LogP contribution is 2.24. The molecule has 0 aliphatic carbocycles. The van der Waals surface area contributed by atoms with Crippen LogP contribution in [-0.2, 0) is 6.54 Å². The second-order valence-corrected chi connectivity index (χ2v) is 6.07. The predicted molar refractivity (Wildman–Crippen MR) is 94.8 cm³/mol. The zero-order valence-corrected chi connectivity index (χ0v) is 13.9. The Morgan fingerprint density at radius 2 is 1.88 bits per heavy atom. The highest BCUT2D eigenvalue weighted by atomic mass is 15.3. The van der Waals surface area contributed by atoms with Gasteiger partial charge in [-0.3, -0.25) is 4.98 Å². The lowest BCUT2D eigenvalue weighted by Gasteiger charge is -2.09. The minimum atomic E-state index is 0.460. The van der Waals surface area contributed by atoms with Crippen LogP contribution in [0.3, 0.4) is 0 Å². The number of aryl methyl sites for hydroxylation is 3. The molecule has 3 heterocycles. The number of nitrogens with zero attached hydrogens (tertiary/aromatic N) is 5. The monoisotopic (exact) mass is 318 g/mol. The van der Waals surface area contributed by atoms with Crippen molar-refractivity contribution in [1.29, 1.82) is 0 Å². The maximum atomic E-state index is 5.96. The lowest BCUT2D eigenvalue weighted by Crippen LogP contribution is -2.06. The van der Waals surface area contributed by atoms with E-state index in [9.17, 15) is 0 Å². The molecule has 6 heteroatoms. The van der Waals surface area contributed by atoms with Crippen molar-refractivity contribution in [2.45, 2.75) is 27.3 Å². The molecule has 4 aromatic rings. The van der Waals surface area contributed by atoms with Crippen LogP contribution in [0.5, 0.6) is 0 Å². The summed E-state index contributed by atoms with van der Waals surface area (Å²) in [7, 11) is 0. The molecule has 0 aliphatic rings. The molecule has 0 bridgehead atoms. The Morgan fingerprint density at radius 1 is 1.04 bits per heavy atom. The number of nitrogen functional groups attached to an aromatic ring is 1. The van der Waals surface area contributed by atoms with E-state index in [-0.39, 0.29) is 0 Å². The van der Waals surface area contributed by atoms with E-state index in [1.807, 2.05) is 18.5 Å². The summed E-state index contributed by atoms with van der Waals surface area (Å²) in [6.07, 6.45) is 1.47. The average Bonchev–Trinajstić information content (AvgIpc) is 2.84. The molecule has 1 aromatic carbocycles. The number of anilines is 1. The van der Waals surface area contributed by atoms with Crippen LogP contribution in [0, 0.1) is 20.8 Å². The molecule has 4 rings (SSSR count). The van der Waals surface area contributed by atoms with Gasteiger partial charge in [0, 0.05) is 11.1 Å². The van der Waals surface area contributed by atoms with E-state index in [1.54, 1.807) is 0 Å². The molecule has 0 atom stereocenters. The summed E-state index contributed by atoms with van der Waals surface area (Å²) in [6, 6.07) is 8.42. The summed E-state index contributed by atoms with van der Waals surface area (Å²) >= 11 is 0. The molecule has 0 aliphatic heterocycles. The van der Waals surface area contributed by atoms with Gasteiger partial charge < -0.3 is 5.73 Å². The third kappa shape index (κ3) is 2.19. The molecule has 120 valence electrons. The first-order chi connectivity index (χ1) is 11.5. The third-order valence-electron chi connectivity index (χ3n) is 4.35. The van der Waals surface area contributed by atoms with Gasteiger partial charge in [-0.1, -0.05) is 18.2 Å². The minimum absolute atomic E-state index is 0.460. The SMILES string of the molecule is Cc1cccc2cc(Cn3nc(C)c4c(N)ncnc43)nc(C)c12. The number of hydrogen-bond donors (Lipinski definition) is 1. The molecular formula is C18H18N6. The summed E-state index contributed by atoms with van der Waals surface area (Å²) < 4.78 is 1.84. The average molecular weight is 318 g/mol. The third-order valence-corrected chi connectivity index (χ3v) is 4.35. The summed E-state index contributed by atoms with van der Waals surface area (Å²) in [5, 5.41) is 7.79. The summed E-state index contributed by atoms with van der Waals surface area (Å²) in [5.41, 5.74) is 10.8. The van der Waals surface area contributed by atoms with E-state index in [1.165, 1.54) is 22.7 Å². The fourth-order valence-corrected chi connectivity index (χ4v) is 3.34. The quantitative estimate of drug-likeness (QED) is 0.614. The van der Waals surface area contributed by atoms with Crippen LogP contribution in [-0.4, -0.2) is 24.7 Å². The van der Waals surface area contributed by atoms with Gasteiger partial charge in [-0.05, 0) is 37.8 Å². The van der Waals surface area contributed by atoms with Crippen molar-refractivity contribution < 1.29 is 0 Å². The molecule has 3 aromatic heterocycles. The lowest BCUT2D eigenvalue weighted by atomic mass is 10.0. The van der Waals surface area contributed by atoms with Crippen molar-refractivity contribution >= 4 is 27.6 Å². The largest absolute Gasteiger partial charge is 0.383 e. The van der Waals surface area contributed by atoms with E-state index in [0.29, 0.717) is 12.4 Å². The Morgan fingerprint density at radius 3 is 2.71 bits per heavy atom. The molecule has 0 radical (unpaired) electrons. The number of fused-ring (bicyclic) bond motifs is 2. The Bertz CT molecular complexity index is 1080. The number of pyridine rings is 1. The smallest absolute Gasteiger partial charge is 0.163 e. The van der Waals surface area contributed by atoms with E-state index < -0.39 is 0 Å². The molecule has 24 heavy (non-hydrogen) atoms. The minimum Gasteiger partial charge on any atom is -0.383 e. The fourth-order valence-electron chi connectivity index (χ4n) is 3.34. The van der Waals surface area contributed by atoms with Crippen molar-refractivity contribution in [1.82, 2.24) is 24.7 Å². The summed E-state index contributed by atoms with van der Waals surface area (Å²) in [6.45, 7) is 6.62. The Kier molecular flexibility index (Phi) is 3.19. The first-order valence-electron chi connectivity index (χ1n) is 7.84. The summed E-state index contributed by atoms with van der Waals surface area (Å²) in [4.78, 5) is 13.2. The van der Waals surface area contributed by atoms with Crippen LogP contribution in [0.2, 0.25) is 0 Å². The van der Waals surface area contributed by atoms with Gasteiger partial charge in [0.2, 0.25) is 0 Å². The molecule has 0 saturated carbocycles. The topological polar surface area (TPSA) is 82.5 Å². The van der Waals surface area contributed by atoms with Gasteiger partial charge in [-0.2, -0.15) is 5.10 Å². The fraction of sp³-hybridized carbons (Fsp3) is 0.222. The van der Waals surface area contributed by atoms with Crippen LogP contribution in [0.25, 0.3) is 21.8 Å². The van der Waals surface area contributed by atoms with Crippen molar-refractivity contribution in [3.8, 4) is 0 Å². The number of benzene rings is 1. The van der Waals surface area contributed by atoms with Gasteiger partial charge in [-0.15, -0.1) is 0 Å². The molecule has 0 amide bonds. The Hall–Kier alpha value is -3.02. The molecule has 0 fully saturated rings. The lowest BCUT2D eigenvalue weighted by molar-refractivity contribution is 0.681. The molecule has 0 unspecified atom stereocenters. The van der Waals surface area contributed by atoms with Gasteiger partial charge in [0.1, 0.15) is 12.1 Å². The number of aromatic nitrogens is 5. The van der Waals surface area contributed by atoms with Gasteiger partial charge in [-0.25, -0.2) is 14.6 Å². The van der Waals surface area contributed by atoms with E-state index in [2.05, 4.69) is 46.3 Å².